The highest BCUT2D eigenvalue weighted by Crippen LogP contribution is 2.18. The van der Waals surface area contributed by atoms with Crippen molar-refractivity contribution in [3.63, 3.8) is 0 Å². The van der Waals surface area contributed by atoms with Crippen LogP contribution in [0, 0.1) is 6.92 Å². The molecule has 0 bridgehead atoms. The number of sulfonamides is 1. The quantitative estimate of drug-likeness (QED) is 0.819. The largest absolute Gasteiger partial charge is 0.340 e. The van der Waals surface area contributed by atoms with E-state index in [0.29, 0.717) is 39.1 Å². The number of rotatable bonds is 4. The average Bonchev–Trinajstić information content (AvgIpc) is 2.96. The van der Waals surface area contributed by atoms with E-state index in [2.05, 4.69) is 5.10 Å². The van der Waals surface area contributed by atoms with Crippen LogP contribution in [0.2, 0.25) is 0 Å². The van der Waals surface area contributed by atoms with Gasteiger partial charge in [-0.05, 0) is 18.6 Å². The molecule has 2 aromatic rings. The van der Waals surface area contributed by atoms with Crippen LogP contribution in [0.15, 0.2) is 24.4 Å². The first kappa shape index (κ1) is 16.9. The van der Waals surface area contributed by atoms with Gasteiger partial charge in [0.15, 0.2) is 0 Å². The van der Waals surface area contributed by atoms with Crippen LogP contribution in [0.5, 0.6) is 0 Å². The molecule has 0 atom stereocenters. The monoisotopic (exact) mass is 350 g/mol. The van der Waals surface area contributed by atoms with Gasteiger partial charge in [-0.1, -0.05) is 12.1 Å². The molecule has 1 saturated heterocycles. The minimum atomic E-state index is -3.17. The standard InChI is InChI=1S/C16H22N4O3S/c1-13-4-3-5-15-14(13)12-17-20(15)7-6-16(21)18-8-10-19(11-9-18)24(2,22)23/h3-5,12H,6-11H2,1-2H3. The zero-order chi connectivity index (χ0) is 17.3. The molecule has 130 valence electrons. The molecule has 1 fully saturated rings. The predicted molar refractivity (Wildman–Crippen MR) is 92.1 cm³/mol. The lowest BCUT2D eigenvalue weighted by Gasteiger charge is -2.33. The van der Waals surface area contributed by atoms with Crippen LogP contribution in [0.1, 0.15) is 12.0 Å². The fourth-order valence-corrected chi connectivity index (χ4v) is 3.88. The van der Waals surface area contributed by atoms with Gasteiger partial charge in [-0.15, -0.1) is 0 Å². The van der Waals surface area contributed by atoms with E-state index in [9.17, 15) is 13.2 Å². The summed E-state index contributed by atoms with van der Waals surface area (Å²) in [5.41, 5.74) is 2.20. The normalized spacial score (nSPS) is 16.7. The summed E-state index contributed by atoms with van der Waals surface area (Å²) in [7, 11) is -3.17. The summed E-state index contributed by atoms with van der Waals surface area (Å²) in [6.07, 6.45) is 3.40. The van der Waals surface area contributed by atoms with Crippen LogP contribution in [0.3, 0.4) is 0 Å². The molecule has 0 aliphatic carbocycles. The minimum Gasteiger partial charge on any atom is -0.340 e. The smallest absolute Gasteiger partial charge is 0.224 e. The Hall–Kier alpha value is -1.93. The summed E-state index contributed by atoms with van der Waals surface area (Å²) in [4.78, 5) is 14.1. The van der Waals surface area contributed by atoms with Crippen molar-refractivity contribution in [1.82, 2.24) is 19.0 Å². The van der Waals surface area contributed by atoms with Crippen molar-refractivity contribution in [3.8, 4) is 0 Å². The van der Waals surface area contributed by atoms with Gasteiger partial charge in [0.2, 0.25) is 15.9 Å². The first-order valence-corrected chi connectivity index (χ1v) is 9.85. The van der Waals surface area contributed by atoms with Gasteiger partial charge in [0.1, 0.15) is 0 Å². The van der Waals surface area contributed by atoms with E-state index in [1.807, 2.05) is 36.0 Å². The van der Waals surface area contributed by atoms with Crippen molar-refractivity contribution in [3.05, 3.63) is 30.0 Å². The minimum absolute atomic E-state index is 0.0412. The molecule has 24 heavy (non-hydrogen) atoms. The Morgan fingerprint density at radius 2 is 1.92 bits per heavy atom. The molecular weight excluding hydrogens is 328 g/mol. The summed E-state index contributed by atoms with van der Waals surface area (Å²) in [5, 5.41) is 5.48. The lowest BCUT2D eigenvalue weighted by Crippen LogP contribution is -2.50. The molecule has 0 spiro atoms. The number of fused-ring (bicyclic) bond motifs is 1. The molecule has 1 aromatic heterocycles. The third-order valence-electron chi connectivity index (χ3n) is 4.50. The van der Waals surface area contributed by atoms with Crippen LogP contribution in [-0.4, -0.2) is 65.7 Å². The number of benzene rings is 1. The Labute approximate surface area is 141 Å². The first-order valence-electron chi connectivity index (χ1n) is 8.00. The van der Waals surface area contributed by atoms with Crippen molar-refractivity contribution in [2.24, 2.45) is 0 Å². The van der Waals surface area contributed by atoms with Crippen molar-refractivity contribution in [1.29, 1.82) is 0 Å². The van der Waals surface area contributed by atoms with E-state index < -0.39 is 10.0 Å². The molecule has 0 radical (unpaired) electrons. The van der Waals surface area contributed by atoms with Gasteiger partial charge in [0.05, 0.1) is 24.5 Å². The third-order valence-corrected chi connectivity index (χ3v) is 5.81. The molecule has 3 rings (SSSR count). The van der Waals surface area contributed by atoms with Crippen LogP contribution in [0.4, 0.5) is 0 Å². The van der Waals surface area contributed by atoms with Crippen LogP contribution >= 0.6 is 0 Å². The highest BCUT2D eigenvalue weighted by Gasteiger charge is 2.25. The van der Waals surface area contributed by atoms with E-state index in [4.69, 9.17) is 0 Å². The number of aryl methyl sites for hydroxylation is 2. The van der Waals surface area contributed by atoms with E-state index in [0.717, 1.165) is 10.9 Å². The maximum Gasteiger partial charge on any atom is 0.224 e. The number of hydrogen-bond acceptors (Lipinski definition) is 4. The lowest BCUT2D eigenvalue weighted by atomic mass is 10.1. The van der Waals surface area contributed by atoms with Crippen molar-refractivity contribution in [2.45, 2.75) is 19.9 Å². The van der Waals surface area contributed by atoms with E-state index in [1.165, 1.54) is 16.1 Å². The molecule has 2 heterocycles. The number of nitrogens with zero attached hydrogens (tertiary/aromatic N) is 4. The number of amides is 1. The second-order valence-electron chi connectivity index (χ2n) is 6.17. The van der Waals surface area contributed by atoms with Gasteiger partial charge in [0.25, 0.3) is 0 Å². The Kier molecular flexibility index (Phi) is 4.60. The maximum atomic E-state index is 12.4. The first-order chi connectivity index (χ1) is 11.4. The second-order valence-corrected chi connectivity index (χ2v) is 8.15. The highest BCUT2D eigenvalue weighted by molar-refractivity contribution is 7.88. The van der Waals surface area contributed by atoms with Gasteiger partial charge in [-0.2, -0.15) is 9.40 Å². The van der Waals surface area contributed by atoms with E-state index in [1.54, 1.807) is 4.90 Å². The molecule has 1 aromatic carbocycles. The molecule has 7 nitrogen and oxygen atoms in total. The molecule has 0 N–H and O–H groups in total. The van der Waals surface area contributed by atoms with Gasteiger partial charge in [0, 0.05) is 38.0 Å². The summed E-state index contributed by atoms with van der Waals surface area (Å²) in [6.45, 7) is 4.21. The van der Waals surface area contributed by atoms with Crippen LogP contribution < -0.4 is 0 Å². The predicted octanol–water partition coefficient (Wildman–Crippen LogP) is 0.839. The second kappa shape index (κ2) is 6.52. The Morgan fingerprint density at radius 1 is 1.21 bits per heavy atom. The van der Waals surface area contributed by atoms with Gasteiger partial charge in [-0.25, -0.2) is 8.42 Å². The topological polar surface area (TPSA) is 75.5 Å². The van der Waals surface area contributed by atoms with Crippen molar-refractivity contribution < 1.29 is 13.2 Å². The molecule has 1 aliphatic heterocycles. The number of aromatic nitrogens is 2. The average molecular weight is 350 g/mol. The van der Waals surface area contributed by atoms with Gasteiger partial charge >= 0.3 is 0 Å². The fourth-order valence-electron chi connectivity index (χ4n) is 3.05. The number of hydrogen-bond donors (Lipinski definition) is 0. The van der Waals surface area contributed by atoms with Crippen LogP contribution in [-0.2, 0) is 21.4 Å². The summed E-state index contributed by atoms with van der Waals surface area (Å²) < 4.78 is 26.3. The summed E-state index contributed by atoms with van der Waals surface area (Å²) in [6, 6.07) is 6.04. The van der Waals surface area contributed by atoms with Crippen molar-refractivity contribution >= 4 is 26.8 Å². The molecule has 0 unspecified atom stereocenters. The SMILES string of the molecule is Cc1cccc2c1cnn2CCC(=O)N1CCN(S(C)(=O)=O)CC1. The van der Waals surface area contributed by atoms with Gasteiger partial charge < -0.3 is 4.90 Å². The van der Waals surface area contributed by atoms with E-state index in [-0.39, 0.29) is 5.91 Å². The third kappa shape index (κ3) is 3.44. The molecule has 1 aliphatic rings. The molecule has 1 amide bonds. The van der Waals surface area contributed by atoms with Gasteiger partial charge in [-0.3, -0.25) is 9.48 Å². The maximum absolute atomic E-state index is 12.4. The zero-order valence-corrected chi connectivity index (χ0v) is 14.8. The Balaban J connectivity index is 1.59. The zero-order valence-electron chi connectivity index (χ0n) is 14.0. The number of carbonyl (C=O) groups is 1. The van der Waals surface area contributed by atoms with Crippen molar-refractivity contribution in [2.75, 3.05) is 32.4 Å². The highest BCUT2D eigenvalue weighted by atomic mass is 32.2. The fraction of sp³-hybridized carbons (Fsp3) is 0.500. The number of carbonyl (C=O) groups excluding carboxylic acids is 1. The molecule has 8 heteroatoms. The summed E-state index contributed by atoms with van der Waals surface area (Å²) >= 11 is 0. The molecule has 0 saturated carbocycles. The summed E-state index contributed by atoms with van der Waals surface area (Å²) in [5.74, 6) is 0.0412. The molecular formula is C16H22N4O3S. The van der Waals surface area contributed by atoms with Crippen LogP contribution in [0.25, 0.3) is 10.9 Å². The van der Waals surface area contributed by atoms with E-state index >= 15 is 0 Å². The Morgan fingerprint density at radius 3 is 2.58 bits per heavy atom. The Bertz CT molecular complexity index is 851. The number of piperazine rings is 1. The lowest BCUT2D eigenvalue weighted by molar-refractivity contribution is -0.132.